The Bertz CT molecular complexity index is 209. The molecule has 1 atom stereocenters. The lowest BCUT2D eigenvalue weighted by atomic mass is 10.1. The van der Waals surface area contributed by atoms with Gasteiger partial charge in [-0.05, 0) is 45.8 Å². The zero-order chi connectivity index (χ0) is 12.6. The maximum Gasteiger partial charge on any atom is 0.0480 e. The molecule has 2 aliphatic rings. The molecular weight excluding hydrogens is 226 g/mol. The first kappa shape index (κ1) is 14.3. The van der Waals surface area contributed by atoms with Crippen molar-refractivity contribution < 1.29 is 4.74 Å². The molecule has 0 bridgehead atoms. The number of hydrogen-bond donors (Lipinski definition) is 1. The van der Waals surface area contributed by atoms with Gasteiger partial charge in [0, 0.05) is 45.4 Å². The van der Waals surface area contributed by atoms with E-state index in [1.54, 1.807) is 0 Å². The molecule has 0 aromatic rings. The van der Waals surface area contributed by atoms with Crippen LogP contribution < -0.4 is 5.32 Å². The average Bonchev–Trinajstić information content (AvgIpc) is 2.65. The smallest absolute Gasteiger partial charge is 0.0480 e. The molecule has 4 heteroatoms. The molecule has 1 unspecified atom stereocenters. The van der Waals surface area contributed by atoms with Crippen molar-refractivity contribution in [2.24, 2.45) is 0 Å². The molecule has 0 saturated carbocycles. The molecule has 1 N–H and O–H groups in total. The molecular formula is C14H29N3O. The predicted molar refractivity (Wildman–Crippen MR) is 75.0 cm³/mol. The Morgan fingerprint density at radius 1 is 1.11 bits per heavy atom. The first-order valence-electron chi connectivity index (χ1n) is 7.56. The lowest BCUT2D eigenvalue weighted by Crippen LogP contribution is -2.45. The van der Waals surface area contributed by atoms with Gasteiger partial charge in [-0.25, -0.2) is 0 Å². The van der Waals surface area contributed by atoms with Crippen LogP contribution in [0.25, 0.3) is 0 Å². The van der Waals surface area contributed by atoms with Gasteiger partial charge in [-0.15, -0.1) is 0 Å². The van der Waals surface area contributed by atoms with E-state index in [0.717, 1.165) is 19.8 Å². The van der Waals surface area contributed by atoms with Crippen LogP contribution in [-0.4, -0.2) is 75.4 Å². The number of likely N-dealkylation sites (N-methyl/N-ethyl adjacent to an activating group) is 1. The normalized spacial score (nSPS) is 28.2. The summed E-state index contributed by atoms with van der Waals surface area (Å²) in [6.07, 6.45) is 4.97. The highest BCUT2D eigenvalue weighted by atomic mass is 16.5. The summed E-state index contributed by atoms with van der Waals surface area (Å²) in [4.78, 5) is 5.01. The van der Waals surface area contributed by atoms with Crippen molar-refractivity contribution in [3.63, 3.8) is 0 Å². The fourth-order valence-corrected chi connectivity index (χ4v) is 2.79. The van der Waals surface area contributed by atoms with Crippen molar-refractivity contribution in [2.75, 3.05) is 59.5 Å². The third kappa shape index (κ3) is 5.22. The van der Waals surface area contributed by atoms with Gasteiger partial charge in [0.05, 0.1) is 0 Å². The minimum Gasteiger partial charge on any atom is -0.381 e. The number of hydrogen-bond acceptors (Lipinski definition) is 4. The molecule has 2 rings (SSSR count). The second-order valence-corrected chi connectivity index (χ2v) is 5.69. The zero-order valence-corrected chi connectivity index (χ0v) is 11.9. The number of nitrogens with zero attached hydrogens (tertiary/aromatic N) is 2. The molecule has 2 fully saturated rings. The van der Waals surface area contributed by atoms with Crippen LogP contribution in [0.1, 0.15) is 25.7 Å². The SMILES string of the molecule is CN1CCN(CCCNC2CCCOCC2)CC1. The Balaban J connectivity index is 1.50. The maximum absolute atomic E-state index is 5.48. The van der Waals surface area contributed by atoms with E-state index in [-0.39, 0.29) is 0 Å². The molecule has 4 nitrogen and oxygen atoms in total. The van der Waals surface area contributed by atoms with E-state index in [1.807, 2.05) is 0 Å². The van der Waals surface area contributed by atoms with E-state index in [4.69, 9.17) is 4.74 Å². The van der Waals surface area contributed by atoms with E-state index in [9.17, 15) is 0 Å². The molecule has 0 spiro atoms. The molecule has 106 valence electrons. The summed E-state index contributed by atoms with van der Waals surface area (Å²) in [6, 6.07) is 0.694. The summed E-state index contributed by atoms with van der Waals surface area (Å²) >= 11 is 0. The van der Waals surface area contributed by atoms with Gasteiger partial charge in [-0.1, -0.05) is 0 Å². The average molecular weight is 255 g/mol. The van der Waals surface area contributed by atoms with Gasteiger partial charge in [0.1, 0.15) is 0 Å². The highest BCUT2D eigenvalue weighted by Gasteiger charge is 2.14. The lowest BCUT2D eigenvalue weighted by molar-refractivity contribution is 0.142. The van der Waals surface area contributed by atoms with Crippen LogP contribution in [0.2, 0.25) is 0 Å². The van der Waals surface area contributed by atoms with Gasteiger partial charge in [0.2, 0.25) is 0 Å². The Kier molecular flexibility index (Phi) is 6.41. The van der Waals surface area contributed by atoms with Crippen molar-refractivity contribution in [3.8, 4) is 0 Å². The predicted octanol–water partition coefficient (Wildman–Crippen LogP) is 0.783. The van der Waals surface area contributed by atoms with Crippen molar-refractivity contribution >= 4 is 0 Å². The summed E-state index contributed by atoms with van der Waals surface area (Å²) in [5.41, 5.74) is 0. The molecule has 0 aromatic heterocycles. The lowest BCUT2D eigenvalue weighted by Gasteiger charge is -2.32. The van der Waals surface area contributed by atoms with Gasteiger partial charge in [0.15, 0.2) is 0 Å². The van der Waals surface area contributed by atoms with Gasteiger partial charge >= 0.3 is 0 Å². The molecule has 2 aliphatic heterocycles. The molecule has 0 aromatic carbocycles. The highest BCUT2D eigenvalue weighted by Crippen LogP contribution is 2.08. The van der Waals surface area contributed by atoms with E-state index in [1.165, 1.54) is 58.4 Å². The van der Waals surface area contributed by atoms with Gasteiger partial charge in [-0.3, -0.25) is 0 Å². The zero-order valence-electron chi connectivity index (χ0n) is 11.9. The molecule has 0 aliphatic carbocycles. The van der Waals surface area contributed by atoms with Crippen LogP contribution in [0.5, 0.6) is 0 Å². The molecule has 18 heavy (non-hydrogen) atoms. The third-order valence-electron chi connectivity index (χ3n) is 4.13. The number of nitrogens with one attached hydrogen (secondary N) is 1. The van der Waals surface area contributed by atoms with Crippen LogP contribution in [0.3, 0.4) is 0 Å². The summed E-state index contributed by atoms with van der Waals surface area (Å²) < 4.78 is 5.48. The van der Waals surface area contributed by atoms with E-state index >= 15 is 0 Å². The van der Waals surface area contributed by atoms with Crippen molar-refractivity contribution in [1.29, 1.82) is 0 Å². The fourth-order valence-electron chi connectivity index (χ4n) is 2.79. The van der Waals surface area contributed by atoms with Crippen molar-refractivity contribution in [1.82, 2.24) is 15.1 Å². The van der Waals surface area contributed by atoms with Gasteiger partial charge in [0.25, 0.3) is 0 Å². The van der Waals surface area contributed by atoms with E-state index in [2.05, 4.69) is 22.2 Å². The first-order valence-corrected chi connectivity index (χ1v) is 7.56. The van der Waals surface area contributed by atoms with E-state index in [0.29, 0.717) is 6.04 Å². The summed E-state index contributed by atoms with van der Waals surface area (Å²) in [5, 5.41) is 3.69. The number of piperazine rings is 1. The van der Waals surface area contributed by atoms with Crippen LogP contribution in [-0.2, 0) is 4.74 Å². The quantitative estimate of drug-likeness (QED) is 0.735. The van der Waals surface area contributed by atoms with E-state index < -0.39 is 0 Å². The second kappa shape index (κ2) is 8.10. The third-order valence-corrected chi connectivity index (χ3v) is 4.13. The number of rotatable bonds is 5. The van der Waals surface area contributed by atoms with Gasteiger partial charge < -0.3 is 19.9 Å². The van der Waals surface area contributed by atoms with Crippen LogP contribution >= 0.6 is 0 Å². The first-order chi connectivity index (χ1) is 8.84. The van der Waals surface area contributed by atoms with Crippen LogP contribution in [0.15, 0.2) is 0 Å². The Morgan fingerprint density at radius 2 is 1.94 bits per heavy atom. The number of ether oxygens (including phenoxy) is 1. The molecule has 2 saturated heterocycles. The van der Waals surface area contributed by atoms with Crippen molar-refractivity contribution in [3.05, 3.63) is 0 Å². The standard InChI is InChI=1S/C14H29N3O/c1-16-8-10-17(11-9-16)7-3-6-15-14-4-2-12-18-13-5-14/h14-15H,2-13H2,1H3. The Hall–Kier alpha value is -0.160. The topological polar surface area (TPSA) is 27.7 Å². The van der Waals surface area contributed by atoms with Gasteiger partial charge in [-0.2, -0.15) is 0 Å². The maximum atomic E-state index is 5.48. The Labute approximate surface area is 112 Å². The summed E-state index contributed by atoms with van der Waals surface area (Å²) in [5.74, 6) is 0. The Morgan fingerprint density at radius 3 is 2.78 bits per heavy atom. The highest BCUT2D eigenvalue weighted by molar-refractivity contribution is 4.72. The fraction of sp³-hybridized carbons (Fsp3) is 1.00. The molecule has 2 heterocycles. The van der Waals surface area contributed by atoms with Crippen molar-refractivity contribution in [2.45, 2.75) is 31.7 Å². The molecule has 0 radical (unpaired) electrons. The summed E-state index contributed by atoms with van der Waals surface area (Å²) in [6.45, 7) is 9.26. The van der Waals surface area contributed by atoms with Crippen LogP contribution in [0, 0.1) is 0 Å². The summed E-state index contributed by atoms with van der Waals surface area (Å²) in [7, 11) is 2.22. The van der Waals surface area contributed by atoms with Crippen LogP contribution in [0.4, 0.5) is 0 Å². The largest absolute Gasteiger partial charge is 0.381 e. The minimum absolute atomic E-state index is 0.694. The minimum atomic E-state index is 0.694. The molecule has 0 amide bonds. The monoisotopic (exact) mass is 255 g/mol. The second-order valence-electron chi connectivity index (χ2n) is 5.69.